The molecule has 70 valence electrons. The molecule has 1 aromatic rings. The SMILES string of the molecule is CCc1ccc(CC(N)=O)c(Cl)c1. The van der Waals surface area contributed by atoms with Gasteiger partial charge in [0, 0.05) is 5.02 Å². The molecule has 0 atom stereocenters. The summed E-state index contributed by atoms with van der Waals surface area (Å²) < 4.78 is 0. The molecule has 0 aliphatic rings. The summed E-state index contributed by atoms with van der Waals surface area (Å²) in [4.78, 5) is 10.6. The Balaban J connectivity index is 2.91. The Morgan fingerprint density at radius 2 is 2.23 bits per heavy atom. The number of primary amides is 1. The maximum Gasteiger partial charge on any atom is 0.221 e. The molecule has 2 N–H and O–H groups in total. The van der Waals surface area contributed by atoms with Crippen molar-refractivity contribution in [3.63, 3.8) is 0 Å². The summed E-state index contributed by atoms with van der Waals surface area (Å²) in [7, 11) is 0. The van der Waals surface area contributed by atoms with Gasteiger partial charge in [0.2, 0.25) is 5.91 Å². The van der Waals surface area contributed by atoms with Gasteiger partial charge in [0.25, 0.3) is 0 Å². The first-order valence-corrected chi connectivity index (χ1v) is 4.57. The molecule has 3 heteroatoms. The second kappa shape index (κ2) is 4.28. The molecule has 0 aliphatic carbocycles. The van der Waals surface area contributed by atoms with E-state index in [2.05, 4.69) is 6.92 Å². The van der Waals surface area contributed by atoms with Crippen LogP contribution in [-0.2, 0) is 17.6 Å². The molecular weight excluding hydrogens is 186 g/mol. The van der Waals surface area contributed by atoms with E-state index >= 15 is 0 Å². The number of benzene rings is 1. The average molecular weight is 198 g/mol. The van der Waals surface area contributed by atoms with Crippen LogP contribution in [0.1, 0.15) is 18.1 Å². The molecule has 0 unspecified atom stereocenters. The third-order valence-electron chi connectivity index (χ3n) is 1.89. The summed E-state index contributed by atoms with van der Waals surface area (Å²) in [5, 5.41) is 0.623. The molecule has 0 aromatic heterocycles. The van der Waals surface area contributed by atoms with Crippen LogP contribution in [0.5, 0.6) is 0 Å². The average Bonchev–Trinajstić information content (AvgIpc) is 2.08. The summed E-state index contributed by atoms with van der Waals surface area (Å²) >= 11 is 5.94. The number of nitrogens with two attached hydrogens (primary N) is 1. The first kappa shape index (κ1) is 10.1. The molecule has 0 saturated heterocycles. The van der Waals surface area contributed by atoms with Crippen molar-refractivity contribution >= 4 is 17.5 Å². The van der Waals surface area contributed by atoms with Crippen LogP contribution >= 0.6 is 11.6 Å². The Kier molecular flexibility index (Phi) is 3.32. The Morgan fingerprint density at radius 3 is 2.69 bits per heavy atom. The molecule has 0 saturated carbocycles. The highest BCUT2D eigenvalue weighted by Gasteiger charge is 2.03. The fraction of sp³-hybridized carbons (Fsp3) is 0.300. The number of carbonyl (C=O) groups is 1. The predicted molar refractivity (Wildman–Crippen MR) is 53.7 cm³/mol. The highest BCUT2D eigenvalue weighted by atomic mass is 35.5. The Hall–Kier alpha value is -1.02. The molecule has 0 aliphatic heterocycles. The van der Waals surface area contributed by atoms with Gasteiger partial charge in [-0.25, -0.2) is 0 Å². The van der Waals surface area contributed by atoms with E-state index in [1.807, 2.05) is 18.2 Å². The minimum Gasteiger partial charge on any atom is -0.369 e. The van der Waals surface area contributed by atoms with Gasteiger partial charge >= 0.3 is 0 Å². The molecule has 1 rings (SSSR count). The van der Waals surface area contributed by atoms with Gasteiger partial charge in [0.1, 0.15) is 0 Å². The van der Waals surface area contributed by atoms with Crippen LogP contribution < -0.4 is 5.73 Å². The van der Waals surface area contributed by atoms with Gasteiger partial charge in [-0.2, -0.15) is 0 Å². The number of hydrogen-bond acceptors (Lipinski definition) is 1. The normalized spacial score (nSPS) is 10.0. The highest BCUT2D eigenvalue weighted by molar-refractivity contribution is 6.31. The van der Waals surface area contributed by atoms with Crippen LogP contribution in [0.15, 0.2) is 18.2 Å². The summed E-state index contributed by atoms with van der Waals surface area (Å²) in [6.07, 6.45) is 1.15. The number of hydrogen-bond donors (Lipinski definition) is 1. The van der Waals surface area contributed by atoms with E-state index in [9.17, 15) is 4.79 Å². The second-order valence-corrected chi connectivity index (χ2v) is 3.33. The van der Waals surface area contributed by atoms with Crippen molar-refractivity contribution in [3.8, 4) is 0 Å². The summed E-state index contributed by atoms with van der Waals surface area (Å²) in [5.74, 6) is -0.355. The molecular formula is C10H12ClNO. The van der Waals surface area contributed by atoms with Crippen molar-refractivity contribution in [2.75, 3.05) is 0 Å². The van der Waals surface area contributed by atoms with E-state index < -0.39 is 0 Å². The van der Waals surface area contributed by atoms with Crippen LogP contribution in [0.2, 0.25) is 5.02 Å². The van der Waals surface area contributed by atoms with Gasteiger partial charge in [-0.05, 0) is 23.6 Å². The lowest BCUT2D eigenvalue weighted by Gasteiger charge is -2.03. The third kappa shape index (κ3) is 2.74. The van der Waals surface area contributed by atoms with Crippen LogP contribution in [0.25, 0.3) is 0 Å². The van der Waals surface area contributed by atoms with E-state index in [0.717, 1.165) is 12.0 Å². The topological polar surface area (TPSA) is 43.1 Å². The van der Waals surface area contributed by atoms with Crippen molar-refractivity contribution in [2.45, 2.75) is 19.8 Å². The third-order valence-corrected chi connectivity index (χ3v) is 2.24. The van der Waals surface area contributed by atoms with E-state index in [0.29, 0.717) is 5.02 Å². The van der Waals surface area contributed by atoms with Crippen LogP contribution in [0.4, 0.5) is 0 Å². The van der Waals surface area contributed by atoms with Crippen molar-refractivity contribution in [2.24, 2.45) is 5.73 Å². The highest BCUT2D eigenvalue weighted by Crippen LogP contribution is 2.18. The molecule has 2 nitrogen and oxygen atoms in total. The van der Waals surface area contributed by atoms with Gasteiger partial charge in [-0.15, -0.1) is 0 Å². The second-order valence-electron chi connectivity index (χ2n) is 2.92. The fourth-order valence-electron chi connectivity index (χ4n) is 1.14. The lowest BCUT2D eigenvalue weighted by molar-refractivity contribution is -0.117. The summed E-state index contributed by atoms with van der Waals surface area (Å²) in [6.45, 7) is 2.05. The first-order valence-electron chi connectivity index (χ1n) is 4.19. The zero-order valence-corrected chi connectivity index (χ0v) is 8.27. The van der Waals surface area contributed by atoms with Crippen molar-refractivity contribution in [1.29, 1.82) is 0 Å². The van der Waals surface area contributed by atoms with Crippen LogP contribution in [0.3, 0.4) is 0 Å². The maximum atomic E-state index is 10.6. The molecule has 0 radical (unpaired) electrons. The maximum absolute atomic E-state index is 10.6. The summed E-state index contributed by atoms with van der Waals surface area (Å²) in [5.41, 5.74) is 7.03. The van der Waals surface area contributed by atoms with Crippen molar-refractivity contribution in [1.82, 2.24) is 0 Å². The Morgan fingerprint density at radius 1 is 1.54 bits per heavy atom. The van der Waals surface area contributed by atoms with Gasteiger partial charge in [-0.3, -0.25) is 4.79 Å². The largest absolute Gasteiger partial charge is 0.369 e. The molecule has 1 amide bonds. The van der Waals surface area contributed by atoms with E-state index in [1.165, 1.54) is 5.56 Å². The molecule has 0 bridgehead atoms. The van der Waals surface area contributed by atoms with Gasteiger partial charge in [0.05, 0.1) is 6.42 Å². The monoisotopic (exact) mass is 197 g/mol. The van der Waals surface area contributed by atoms with Crippen molar-refractivity contribution < 1.29 is 4.79 Å². The lowest BCUT2D eigenvalue weighted by atomic mass is 10.1. The molecule has 0 fully saturated rings. The van der Waals surface area contributed by atoms with Gasteiger partial charge < -0.3 is 5.73 Å². The smallest absolute Gasteiger partial charge is 0.221 e. The van der Waals surface area contributed by atoms with Crippen LogP contribution in [0, 0.1) is 0 Å². The standard InChI is InChI=1S/C10H12ClNO/c1-2-7-3-4-8(6-10(12)13)9(11)5-7/h3-5H,2,6H2,1H3,(H2,12,13). The fourth-order valence-corrected chi connectivity index (χ4v) is 1.41. The minimum atomic E-state index is -0.355. The van der Waals surface area contributed by atoms with E-state index in [4.69, 9.17) is 17.3 Å². The van der Waals surface area contributed by atoms with Gasteiger partial charge in [0.15, 0.2) is 0 Å². The number of aryl methyl sites for hydroxylation is 1. The number of rotatable bonds is 3. The van der Waals surface area contributed by atoms with E-state index in [-0.39, 0.29) is 12.3 Å². The predicted octanol–water partition coefficient (Wildman–Crippen LogP) is 1.93. The Bertz CT molecular complexity index is 323. The van der Waals surface area contributed by atoms with Crippen LogP contribution in [-0.4, -0.2) is 5.91 Å². The molecule has 13 heavy (non-hydrogen) atoms. The van der Waals surface area contributed by atoms with Crippen molar-refractivity contribution in [3.05, 3.63) is 34.3 Å². The van der Waals surface area contributed by atoms with E-state index in [1.54, 1.807) is 0 Å². The summed E-state index contributed by atoms with van der Waals surface area (Å²) in [6, 6.07) is 5.69. The zero-order valence-electron chi connectivity index (χ0n) is 7.51. The number of carbonyl (C=O) groups excluding carboxylic acids is 1. The Labute approximate surface area is 82.7 Å². The molecule has 0 heterocycles. The lowest BCUT2D eigenvalue weighted by Crippen LogP contribution is -2.13. The first-order chi connectivity index (χ1) is 6.13. The van der Waals surface area contributed by atoms with Gasteiger partial charge in [-0.1, -0.05) is 30.7 Å². The quantitative estimate of drug-likeness (QED) is 0.791. The minimum absolute atomic E-state index is 0.211. The molecule has 0 spiro atoms. The number of amides is 1. The molecule has 1 aromatic carbocycles. The zero-order chi connectivity index (χ0) is 9.84. The number of halogens is 1.